The number of carbonyl (C=O) groups is 1. The van der Waals surface area contributed by atoms with Crippen LogP contribution in [0.1, 0.15) is 53.3 Å². The van der Waals surface area contributed by atoms with Crippen molar-refractivity contribution in [3.8, 4) is 17.5 Å². The van der Waals surface area contributed by atoms with Gasteiger partial charge in [0.2, 0.25) is 0 Å². The largest absolute Gasteiger partial charge is 0.382 e. The average Bonchev–Trinajstić information content (AvgIpc) is 3.65. The molecule has 224 valence electrons. The van der Waals surface area contributed by atoms with E-state index in [1.807, 2.05) is 76.3 Å². The number of aldehydes is 1. The van der Waals surface area contributed by atoms with Gasteiger partial charge in [-0.3, -0.25) is 19.1 Å². The number of anilines is 1. The average molecular weight is 606 g/mol. The number of aliphatic imine (C=N–C) groups is 1. The molecule has 3 aromatic heterocycles. The van der Waals surface area contributed by atoms with Crippen LogP contribution in [0.2, 0.25) is 0 Å². The Balaban J connectivity index is 0.000000236. The van der Waals surface area contributed by atoms with Crippen LogP contribution >= 0.6 is 11.3 Å². The Morgan fingerprint density at radius 2 is 1.89 bits per heavy atom. The summed E-state index contributed by atoms with van der Waals surface area (Å²) in [5.41, 5.74) is 10.9. The predicted molar refractivity (Wildman–Crippen MR) is 180 cm³/mol. The maximum Gasteiger partial charge on any atom is 0.264 e. The lowest BCUT2D eigenvalue weighted by molar-refractivity contribution is 0.112. The number of hydrogen-bond acceptors (Lipinski definition) is 8. The van der Waals surface area contributed by atoms with Gasteiger partial charge in [0, 0.05) is 35.7 Å². The molecule has 0 bridgehead atoms. The van der Waals surface area contributed by atoms with Gasteiger partial charge in [-0.2, -0.15) is 5.10 Å². The minimum Gasteiger partial charge on any atom is -0.382 e. The summed E-state index contributed by atoms with van der Waals surface area (Å²) in [6.07, 6.45) is 4.07. The van der Waals surface area contributed by atoms with Crippen LogP contribution in [-0.4, -0.2) is 38.4 Å². The first-order valence-electron chi connectivity index (χ1n) is 14.0. The number of para-hydroxylation sites is 1. The Kier molecular flexibility index (Phi) is 10.4. The molecular weight excluding hydrogens is 570 g/mol. The number of nitrogen functional groups attached to an aromatic ring is 1. The molecule has 0 saturated carbocycles. The number of carbonyl (C=O) groups excluding carboxylic acids is 1. The zero-order valence-electron chi connectivity index (χ0n) is 25.4. The lowest BCUT2D eigenvalue weighted by Crippen LogP contribution is -2.27. The van der Waals surface area contributed by atoms with Gasteiger partial charge in [-0.05, 0) is 61.5 Å². The van der Waals surface area contributed by atoms with E-state index >= 15 is 0 Å². The number of nitrogens with one attached hydrogen (secondary N) is 1. The number of nitrogens with zero attached hydrogens (tertiary/aromatic N) is 5. The second-order valence-corrected chi connectivity index (χ2v) is 11.1. The number of fused-ring (bicyclic) bond motifs is 1. The molecule has 0 aliphatic heterocycles. The lowest BCUT2D eigenvalue weighted by Gasteiger charge is -2.19. The van der Waals surface area contributed by atoms with E-state index in [1.165, 1.54) is 16.0 Å². The van der Waals surface area contributed by atoms with E-state index in [4.69, 9.17) is 5.73 Å². The Bertz CT molecular complexity index is 1930. The van der Waals surface area contributed by atoms with Crippen LogP contribution in [-0.2, 0) is 7.05 Å². The third-order valence-electron chi connectivity index (χ3n) is 6.95. The molecule has 0 spiro atoms. The lowest BCUT2D eigenvalue weighted by atomic mass is 10.0. The van der Waals surface area contributed by atoms with E-state index in [-0.39, 0.29) is 23.3 Å². The van der Waals surface area contributed by atoms with Crippen molar-refractivity contribution < 1.29 is 4.79 Å². The molecule has 0 fully saturated rings. The van der Waals surface area contributed by atoms with Crippen LogP contribution in [0.15, 0.2) is 88.7 Å². The van der Waals surface area contributed by atoms with Crippen LogP contribution in [0.5, 0.6) is 0 Å². The molecule has 0 amide bonds. The second kappa shape index (κ2) is 14.4. The first-order chi connectivity index (χ1) is 21.2. The molecule has 3 N–H and O–H groups in total. The van der Waals surface area contributed by atoms with Crippen molar-refractivity contribution in [1.29, 1.82) is 0 Å². The van der Waals surface area contributed by atoms with Crippen LogP contribution in [0, 0.1) is 17.8 Å². The zero-order valence-corrected chi connectivity index (χ0v) is 26.2. The summed E-state index contributed by atoms with van der Waals surface area (Å²) in [6, 6.07) is 17.6. The van der Waals surface area contributed by atoms with Gasteiger partial charge >= 0.3 is 0 Å². The first-order valence-corrected chi connectivity index (χ1v) is 14.9. The predicted octanol–water partition coefficient (Wildman–Crippen LogP) is 5.86. The van der Waals surface area contributed by atoms with E-state index in [0.29, 0.717) is 23.1 Å². The van der Waals surface area contributed by atoms with Crippen molar-refractivity contribution in [3.63, 3.8) is 0 Å². The topological polar surface area (TPSA) is 120 Å². The number of thiazole rings is 1. The molecule has 2 aromatic carbocycles. The van der Waals surface area contributed by atoms with E-state index in [2.05, 4.69) is 44.9 Å². The number of nitrogens with two attached hydrogens (primary N) is 1. The van der Waals surface area contributed by atoms with Gasteiger partial charge in [-0.1, -0.05) is 56.7 Å². The van der Waals surface area contributed by atoms with Crippen molar-refractivity contribution in [1.82, 2.24) is 24.6 Å². The normalized spacial score (nSPS) is 11.8. The molecule has 9 nitrogen and oxygen atoms in total. The van der Waals surface area contributed by atoms with Crippen molar-refractivity contribution in [2.75, 3.05) is 12.8 Å². The highest BCUT2D eigenvalue weighted by Gasteiger charge is 2.17. The standard InChI is InChI=1S/C23H19N3OS.C11H16N4O/c1-16(24-2)21-13-18-8-6-7-17(11-12-20-14-25-15-28-20)22(18)23(27)26(21)19-9-4-3-5-10-19;1-5-9(7(2)3)13-11-8(6-16)10(12)14-15(11)4/h3-10,13-16,24H,1-2H3;5-7H,1H2,2-4H3,(H2,12,14)/b;13-9+. The van der Waals surface area contributed by atoms with Crippen LogP contribution in [0.3, 0.4) is 0 Å². The Morgan fingerprint density at radius 1 is 1.14 bits per heavy atom. The monoisotopic (exact) mass is 605 g/mol. The molecule has 5 aromatic rings. The summed E-state index contributed by atoms with van der Waals surface area (Å²) in [5.74, 6) is 7.17. The number of benzene rings is 2. The minimum atomic E-state index is -0.0602. The van der Waals surface area contributed by atoms with Gasteiger partial charge in [-0.15, -0.1) is 11.3 Å². The van der Waals surface area contributed by atoms with Crippen molar-refractivity contribution in [2.24, 2.45) is 18.0 Å². The van der Waals surface area contributed by atoms with Gasteiger partial charge < -0.3 is 11.1 Å². The molecular formula is C34H35N7O2S. The SMILES string of the molecule is C=C/C(=N\c1c(C=O)c(N)nn1C)C(C)C.CNC(C)c1cc2cccc(C#Cc3cncs3)c2c(=O)n1-c1ccccc1. The summed E-state index contributed by atoms with van der Waals surface area (Å²) in [5, 5.41) is 8.73. The quantitative estimate of drug-likeness (QED) is 0.136. The molecule has 0 radical (unpaired) electrons. The Hall–Kier alpha value is -5.11. The highest BCUT2D eigenvalue weighted by Crippen LogP contribution is 2.24. The Labute approximate surface area is 260 Å². The third kappa shape index (κ3) is 6.92. The van der Waals surface area contributed by atoms with Crippen molar-refractivity contribution in [2.45, 2.75) is 26.8 Å². The molecule has 3 heterocycles. The Morgan fingerprint density at radius 3 is 2.50 bits per heavy atom. The van der Waals surface area contributed by atoms with Gasteiger partial charge in [0.05, 0.1) is 22.0 Å². The minimum absolute atomic E-state index is 0.0178. The number of pyridine rings is 1. The van der Waals surface area contributed by atoms with E-state index < -0.39 is 0 Å². The third-order valence-corrected chi connectivity index (χ3v) is 7.64. The summed E-state index contributed by atoms with van der Waals surface area (Å²) >= 11 is 1.48. The summed E-state index contributed by atoms with van der Waals surface area (Å²) < 4.78 is 3.27. The molecule has 44 heavy (non-hydrogen) atoms. The summed E-state index contributed by atoms with van der Waals surface area (Å²) in [6.45, 7) is 9.74. The van der Waals surface area contributed by atoms with E-state index in [9.17, 15) is 9.59 Å². The highest BCUT2D eigenvalue weighted by molar-refractivity contribution is 7.10. The molecule has 0 saturated heterocycles. The summed E-state index contributed by atoms with van der Waals surface area (Å²) in [7, 11) is 3.59. The number of aromatic nitrogens is 4. The second-order valence-electron chi connectivity index (χ2n) is 10.2. The van der Waals surface area contributed by atoms with Gasteiger partial charge in [0.1, 0.15) is 5.56 Å². The van der Waals surface area contributed by atoms with Crippen LogP contribution < -0.4 is 16.6 Å². The fourth-order valence-electron chi connectivity index (χ4n) is 4.53. The van der Waals surface area contributed by atoms with E-state index in [1.54, 1.807) is 29.4 Å². The number of rotatable bonds is 7. The number of aryl methyl sites for hydroxylation is 1. The fourth-order valence-corrected chi connectivity index (χ4v) is 5.00. The zero-order chi connectivity index (χ0) is 31.8. The molecule has 0 aliphatic carbocycles. The fraction of sp³-hybridized carbons (Fsp3) is 0.206. The molecule has 1 atom stereocenters. The van der Waals surface area contributed by atoms with Crippen LogP contribution in [0.4, 0.5) is 11.6 Å². The van der Waals surface area contributed by atoms with Crippen molar-refractivity contribution >= 4 is 45.7 Å². The van der Waals surface area contributed by atoms with Gasteiger partial charge in [0.15, 0.2) is 17.9 Å². The molecule has 10 heteroatoms. The molecule has 5 rings (SSSR count). The number of hydrogen-bond donors (Lipinski definition) is 2. The first kappa shape index (κ1) is 31.8. The van der Waals surface area contributed by atoms with Gasteiger partial charge in [0.25, 0.3) is 5.56 Å². The van der Waals surface area contributed by atoms with E-state index in [0.717, 1.165) is 32.9 Å². The molecule has 1 unspecified atom stereocenters. The maximum atomic E-state index is 13.6. The summed E-state index contributed by atoms with van der Waals surface area (Å²) in [4.78, 5) is 33.8. The smallest absolute Gasteiger partial charge is 0.264 e. The molecule has 0 aliphatic rings. The number of allylic oxidation sites excluding steroid dienone is 1. The highest BCUT2D eigenvalue weighted by atomic mass is 32.1. The van der Waals surface area contributed by atoms with Gasteiger partial charge in [-0.25, -0.2) is 9.67 Å². The maximum absolute atomic E-state index is 13.6. The van der Waals surface area contributed by atoms with Crippen molar-refractivity contribution in [3.05, 3.63) is 111 Å². The van der Waals surface area contributed by atoms with Crippen LogP contribution in [0.25, 0.3) is 16.5 Å².